The number of methoxy groups -OCH3 is 1. The number of ketones is 1. The third-order valence-electron chi connectivity index (χ3n) is 7.46. The standard InChI is InChI=1S/C28H43N5O4/c1-5-14-33(27(35)26(18(2)3)32-28(36)37-4)17-25-30-16-23(31-25)21-10-6-19(7-11-21)20-8-12-22(13-9-20)24(34)15-29/h6,8-10,12,18-19,21-23,26H,5,7,11,13-17,29H2,1-4H3,(H,30,31)(H,32,36)/t19-,21+,22-,23-,26+/m1/s1. The van der Waals surface area contributed by atoms with Crippen LogP contribution in [0.25, 0.3) is 0 Å². The molecule has 4 N–H and O–H groups in total. The Morgan fingerprint density at radius 3 is 2.59 bits per heavy atom. The van der Waals surface area contributed by atoms with E-state index in [4.69, 9.17) is 15.5 Å². The largest absolute Gasteiger partial charge is 0.453 e. The number of nitrogens with one attached hydrogen (secondary N) is 2. The van der Waals surface area contributed by atoms with Gasteiger partial charge < -0.3 is 26.0 Å². The summed E-state index contributed by atoms with van der Waals surface area (Å²) in [5.74, 6) is 1.37. The van der Waals surface area contributed by atoms with Gasteiger partial charge in [0.1, 0.15) is 11.9 Å². The minimum atomic E-state index is -0.651. The molecule has 5 atom stereocenters. The van der Waals surface area contributed by atoms with Crippen molar-refractivity contribution in [1.29, 1.82) is 0 Å². The first kappa shape index (κ1) is 28.6. The van der Waals surface area contributed by atoms with Crippen LogP contribution in [0.3, 0.4) is 0 Å². The molecule has 3 aliphatic rings. The molecule has 0 aromatic rings. The summed E-state index contributed by atoms with van der Waals surface area (Å²) in [4.78, 5) is 43.4. The molecule has 204 valence electrons. The fraction of sp³-hybridized carbons (Fsp3) is 0.643. The summed E-state index contributed by atoms with van der Waals surface area (Å²) in [6.07, 6.45) is 13.9. The van der Waals surface area contributed by atoms with Crippen LogP contribution in [0.15, 0.2) is 40.9 Å². The van der Waals surface area contributed by atoms with Crippen LogP contribution in [0.4, 0.5) is 4.79 Å². The smallest absolute Gasteiger partial charge is 0.407 e. The normalized spacial score (nSPS) is 25.7. The van der Waals surface area contributed by atoms with Crippen LogP contribution in [0.5, 0.6) is 0 Å². The van der Waals surface area contributed by atoms with Crippen LogP contribution >= 0.6 is 0 Å². The lowest BCUT2D eigenvalue weighted by Crippen LogP contribution is -2.53. The lowest BCUT2D eigenvalue weighted by atomic mass is 9.79. The summed E-state index contributed by atoms with van der Waals surface area (Å²) in [7, 11) is 1.30. The molecule has 2 aliphatic carbocycles. The molecular formula is C28H43N5O4. The Labute approximate surface area is 220 Å². The van der Waals surface area contributed by atoms with Crippen molar-refractivity contribution in [1.82, 2.24) is 15.5 Å². The van der Waals surface area contributed by atoms with E-state index in [1.807, 2.05) is 26.8 Å². The molecule has 0 aromatic heterocycles. The van der Waals surface area contributed by atoms with Crippen molar-refractivity contribution >= 4 is 23.6 Å². The quantitative estimate of drug-likeness (QED) is 0.365. The van der Waals surface area contributed by atoms with Crippen molar-refractivity contribution < 1.29 is 19.1 Å². The lowest BCUT2D eigenvalue weighted by molar-refractivity contribution is -0.133. The van der Waals surface area contributed by atoms with E-state index < -0.39 is 12.1 Å². The van der Waals surface area contributed by atoms with Gasteiger partial charge in [-0.15, -0.1) is 0 Å². The van der Waals surface area contributed by atoms with Gasteiger partial charge in [-0.3, -0.25) is 14.6 Å². The zero-order valence-electron chi connectivity index (χ0n) is 22.6. The molecule has 2 amide bonds. The summed E-state index contributed by atoms with van der Waals surface area (Å²) in [6.45, 7) is 7.60. The summed E-state index contributed by atoms with van der Waals surface area (Å²) < 4.78 is 4.71. The molecule has 0 radical (unpaired) electrons. The first-order chi connectivity index (χ1) is 17.8. The molecule has 0 spiro atoms. The van der Waals surface area contributed by atoms with Crippen molar-refractivity contribution in [2.24, 2.45) is 34.4 Å². The number of Topliss-reactive ketones (excluding diaryl/α,β-unsaturated/α-hetero) is 1. The fourth-order valence-corrected chi connectivity index (χ4v) is 5.22. The lowest BCUT2D eigenvalue weighted by Gasteiger charge is -2.31. The summed E-state index contributed by atoms with van der Waals surface area (Å²) in [5.41, 5.74) is 6.78. The van der Waals surface area contributed by atoms with Gasteiger partial charge in [0, 0.05) is 18.4 Å². The van der Waals surface area contributed by atoms with Gasteiger partial charge in [-0.1, -0.05) is 51.2 Å². The minimum Gasteiger partial charge on any atom is -0.453 e. The number of rotatable bonds is 11. The van der Waals surface area contributed by atoms with Crippen molar-refractivity contribution in [2.75, 3.05) is 33.3 Å². The van der Waals surface area contributed by atoms with Crippen LogP contribution in [-0.2, 0) is 14.3 Å². The monoisotopic (exact) mass is 513 g/mol. The number of carbonyl (C=O) groups excluding carboxylic acids is 3. The third kappa shape index (κ3) is 7.53. The number of amides is 2. The summed E-state index contributed by atoms with van der Waals surface area (Å²) in [6, 6.07) is -0.441. The second-order valence-corrected chi connectivity index (χ2v) is 10.5. The Balaban J connectivity index is 1.54. The zero-order chi connectivity index (χ0) is 26.9. The van der Waals surface area contributed by atoms with E-state index in [1.54, 1.807) is 4.90 Å². The second-order valence-electron chi connectivity index (χ2n) is 10.5. The molecule has 9 nitrogen and oxygen atoms in total. The van der Waals surface area contributed by atoms with E-state index in [1.165, 1.54) is 12.7 Å². The first-order valence-corrected chi connectivity index (χ1v) is 13.5. The molecule has 1 heterocycles. The third-order valence-corrected chi connectivity index (χ3v) is 7.46. The van der Waals surface area contributed by atoms with E-state index in [9.17, 15) is 14.4 Å². The van der Waals surface area contributed by atoms with Crippen molar-refractivity contribution in [2.45, 2.75) is 58.5 Å². The van der Waals surface area contributed by atoms with E-state index in [2.05, 4.69) is 34.9 Å². The topological polar surface area (TPSA) is 126 Å². The van der Waals surface area contributed by atoms with Gasteiger partial charge in [-0.2, -0.15) is 0 Å². The molecule has 0 fully saturated rings. The Hall–Kier alpha value is -2.94. The van der Waals surface area contributed by atoms with Gasteiger partial charge in [-0.05, 0) is 43.1 Å². The predicted molar refractivity (Wildman–Crippen MR) is 145 cm³/mol. The highest BCUT2D eigenvalue weighted by Crippen LogP contribution is 2.33. The number of hydrogen-bond acceptors (Lipinski definition) is 7. The molecule has 0 saturated carbocycles. The average molecular weight is 514 g/mol. The van der Waals surface area contributed by atoms with E-state index in [0.29, 0.717) is 31.5 Å². The highest BCUT2D eigenvalue weighted by molar-refractivity contribution is 5.92. The SMILES string of the molecule is CCCN(CC1=NC[C@H]([C@H]2C=C[C@@H](C3=CC[C@H](C(=O)CN)C=C3)CC2)N1)C(=O)[C@@H](NC(=O)OC)C(C)C. The van der Waals surface area contributed by atoms with Crippen LogP contribution in [0.2, 0.25) is 0 Å². The Morgan fingerprint density at radius 1 is 1.24 bits per heavy atom. The number of allylic oxidation sites excluding steroid dienone is 5. The van der Waals surface area contributed by atoms with Gasteiger partial charge in [0.05, 0.1) is 32.8 Å². The van der Waals surface area contributed by atoms with Crippen molar-refractivity contribution in [3.8, 4) is 0 Å². The molecular weight excluding hydrogens is 470 g/mol. The van der Waals surface area contributed by atoms with Gasteiger partial charge >= 0.3 is 6.09 Å². The maximum absolute atomic E-state index is 13.3. The van der Waals surface area contributed by atoms with Gasteiger partial charge in [0.25, 0.3) is 0 Å². The van der Waals surface area contributed by atoms with Crippen LogP contribution in [0, 0.1) is 23.7 Å². The molecule has 0 aromatic carbocycles. The number of aliphatic imine (C=N–C) groups is 1. The molecule has 3 rings (SSSR count). The number of nitrogens with two attached hydrogens (primary N) is 1. The highest BCUT2D eigenvalue weighted by atomic mass is 16.5. The van der Waals surface area contributed by atoms with E-state index >= 15 is 0 Å². The number of carbonyl (C=O) groups is 3. The Morgan fingerprint density at radius 2 is 2.03 bits per heavy atom. The molecule has 9 heteroatoms. The maximum Gasteiger partial charge on any atom is 0.407 e. The Kier molecular flexibility index (Phi) is 10.5. The maximum atomic E-state index is 13.3. The number of hydrogen-bond donors (Lipinski definition) is 3. The van der Waals surface area contributed by atoms with Crippen LogP contribution in [0.1, 0.15) is 46.5 Å². The number of nitrogens with zero attached hydrogens (tertiary/aromatic N) is 2. The average Bonchev–Trinajstić information content (AvgIpc) is 3.39. The number of ether oxygens (including phenoxy) is 1. The first-order valence-electron chi connectivity index (χ1n) is 13.5. The van der Waals surface area contributed by atoms with E-state index in [0.717, 1.165) is 31.5 Å². The molecule has 0 bridgehead atoms. The van der Waals surface area contributed by atoms with Crippen molar-refractivity contribution in [3.63, 3.8) is 0 Å². The highest BCUT2D eigenvalue weighted by Gasteiger charge is 2.32. The van der Waals surface area contributed by atoms with Crippen LogP contribution < -0.4 is 16.4 Å². The Bertz CT molecular complexity index is 954. The van der Waals surface area contributed by atoms with Crippen LogP contribution in [-0.4, -0.2) is 73.9 Å². The van der Waals surface area contributed by atoms with Gasteiger partial charge in [0.2, 0.25) is 5.91 Å². The molecule has 0 saturated heterocycles. The predicted octanol–water partition coefficient (Wildman–Crippen LogP) is 2.59. The number of amidine groups is 1. The van der Waals surface area contributed by atoms with Crippen molar-refractivity contribution in [3.05, 3.63) is 36.0 Å². The summed E-state index contributed by atoms with van der Waals surface area (Å²) in [5, 5.41) is 6.24. The molecule has 1 aliphatic heterocycles. The van der Waals surface area contributed by atoms with Gasteiger partial charge in [0.15, 0.2) is 5.78 Å². The fourth-order valence-electron chi connectivity index (χ4n) is 5.22. The zero-order valence-corrected chi connectivity index (χ0v) is 22.6. The summed E-state index contributed by atoms with van der Waals surface area (Å²) >= 11 is 0. The minimum absolute atomic E-state index is 0.0707. The van der Waals surface area contributed by atoms with E-state index in [-0.39, 0.29) is 36.1 Å². The molecule has 0 unspecified atom stereocenters. The van der Waals surface area contributed by atoms with Gasteiger partial charge in [-0.25, -0.2) is 4.79 Å². The second kappa shape index (κ2) is 13.6. The molecule has 37 heavy (non-hydrogen) atoms. The number of alkyl carbamates (subject to hydrolysis) is 1.